The fourth-order valence-electron chi connectivity index (χ4n) is 4.70. The van der Waals surface area contributed by atoms with Crippen LogP contribution in [0.2, 0.25) is 0 Å². The fraction of sp³-hybridized carbons (Fsp3) is 0.435. The van der Waals surface area contributed by atoms with Crippen molar-refractivity contribution in [2.24, 2.45) is 7.05 Å². The van der Waals surface area contributed by atoms with Crippen LogP contribution in [0.15, 0.2) is 30.5 Å². The molecule has 4 aromatic rings. The van der Waals surface area contributed by atoms with Crippen LogP contribution in [0, 0.1) is 20.8 Å². The second kappa shape index (κ2) is 6.95. The average molecular weight is 389 g/mol. The fourth-order valence-corrected chi connectivity index (χ4v) is 4.70. The monoisotopic (exact) mass is 388 g/mol. The molecule has 0 amide bonds. The Morgan fingerprint density at radius 2 is 1.93 bits per heavy atom. The minimum atomic E-state index is 0.463. The number of rotatable bonds is 3. The van der Waals surface area contributed by atoms with Gasteiger partial charge in [0.1, 0.15) is 5.65 Å². The number of nitrogens with zero attached hydrogens (tertiary/aromatic N) is 6. The summed E-state index contributed by atoms with van der Waals surface area (Å²) in [5.41, 5.74) is 7.95. The van der Waals surface area contributed by atoms with Gasteiger partial charge in [0, 0.05) is 43.3 Å². The van der Waals surface area contributed by atoms with Gasteiger partial charge in [-0.2, -0.15) is 5.10 Å². The molecule has 150 valence electrons. The third-order valence-electron chi connectivity index (χ3n) is 6.27. The Hall–Kier alpha value is -2.73. The molecule has 5 rings (SSSR count). The Balaban J connectivity index is 1.40. The van der Waals surface area contributed by atoms with Gasteiger partial charge in [0.15, 0.2) is 5.65 Å². The van der Waals surface area contributed by atoms with E-state index in [0.717, 1.165) is 47.7 Å². The Labute approximate surface area is 171 Å². The van der Waals surface area contributed by atoms with E-state index in [2.05, 4.69) is 58.7 Å². The number of aryl methyl sites for hydroxylation is 4. The molecule has 0 bridgehead atoms. The van der Waals surface area contributed by atoms with E-state index in [1.54, 1.807) is 0 Å². The molecule has 0 N–H and O–H groups in total. The molecular formula is C23H28N6. The summed E-state index contributed by atoms with van der Waals surface area (Å²) >= 11 is 0. The highest BCUT2D eigenvalue weighted by Gasteiger charge is 2.24. The van der Waals surface area contributed by atoms with Gasteiger partial charge in [-0.15, -0.1) is 0 Å². The predicted molar refractivity (Wildman–Crippen MR) is 115 cm³/mol. The number of aromatic nitrogens is 5. The Morgan fingerprint density at radius 3 is 2.79 bits per heavy atom. The second-order valence-electron chi connectivity index (χ2n) is 8.47. The Kier molecular flexibility index (Phi) is 4.39. The van der Waals surface area contributed by atoms with Crippen molar-refractivity contribution in [3.05, 3.63) is 58.8 Å². The first kappa shape index (κ1) is 18.3. The van der Waals surface area contributed by atoms with Crippen LogP contribution >= 0.6 is 0 Å². The molecule has 0 spiro atoms. The number of piperidine rings is 1. The summed E-state index contributed by atoms with van der Waals surface area (Å²) in [6.07, 6.45) is 4.54. The minimum absolute atomic E-state index is 0.463. The molecule has 1 aliphatic heterocycles. The normalized spacial score (nSPS) is 18.1. The lowest BCUT2D eigenvalue weighted by atomic mass is 9.94. The molecule has 1 fully saturated rings. The van der Waals surface area contributed by atoms with Gasteiger partial charge in [-0.25, -0.2) is 9.97 Å². The summed E-state index contributed by atoms with van der Waals surface area (Å²) in [6, 6.07) is 8.71. The van der Waals surface area contributed by atoms with E-state index in [1.807, 2.05) is 18.7 Å². The van der Waals surface area contributed by atoms with Crippen LogP contribution in [0.25, 0.3) is 16.7 Å². The molecule has 4 aromatic heterocycles. The largest absolute Gasteiger partial charge is 0.302 e. The van der Waals surface area contributed by atoms with E-state index in [-0.39, 0.29) is 0 Å². The lowest BCUT2D eigenvalue weighted by molar-refractivity contribution is 0.196. The van der Waals surface area contributed by atoms with Crippen molar-refractivity contribution in [2.75, 3.05) is 13.1 Å². The van der Waals surface area contributed by atoms with Gasteiger partial charge in [0.2, 0.25) is 0 Å². The number of hydrogen-bond acceptors (Lipinski definition) is 4. The first-order valence-corrected chi connectivity index (χ1v) is 10.5. The van der Waals surface area contributed by atoms with Gasteiger partial charge in [0.25, 0.3) is 0 Å². The summed E-state index contributed by atoms with van der Waals surface area (Å²) in [5.74, 6) is 0.463. The molecule has 1 aliphatic rings. The van der Waals surface area contributed by atoms with Gasteiger partial charge in [-0.3, -0.25) is 9.58 Å². The molecule has 6 heteroatoms. The maximum atomic E-state index is 4.98. The zero-order valence-corrected chi connectivity index (χ0v) is 17.7. The topological polar surface area (TPSA) is 51.2 Å². The van der Waals surface area contributed by atoms with Crippen LogP contribution in [0.1, 0.15) is 47.1 Å². The maximum absolute atomic E-state index is 4.98. The summed E-state index contributed by atoms with van der Waals surface area (Å²) in [7, 11) is 1.98. The Bertz CT molecular complexity index is 1200. The first-order valence-electron chi connectivity index (χ1n) is 10.5. The zero-order valence-electron chi connectivity index (χ0n) is 17.7. The van der Waals surface area contributed by atoms with Crippen molar-refractivity contribution in [3.63, 3.8) is 0 Å². The molecule has 0 unspecified atom stereocenters. The first-order chi connectivity index (χ1) is 14.0. The van der Waals surface area contributed by atoms with E-state index < -0.39 is 0 Å². The van der Waals surface area contributed by atoms with Crippen molar-refractivity contribution in [1.82, 2.24) is 29.0 Å². The molecule has 0 saturated carbocycles. The van der Waals surface area contributed by atoms with Gasteiger partial charge in [0.05, 0.1) is 17.1 Å². The molecule has 1 saturated heterocycles. The van der Waals surface area contributed by atoms with Crippen LogP contribution in [-0.4, -0.2) is 42.1 Å². The molecule has 0 radical (unpaired) electrons. The van der Waals surface area contributed by atoms with Crippen molar-refractivity contribution < 1.29 is 0 Å². The number of hydrogen-bond donors (Lipinski definition) is 0. The van der Waals surface area contributed by atoms with Gasteiger partial charge in [-0.1, -0.05) is 0 Å². The summed E-state index contributed by atoms with van der Waals surface area (Å²) < 4.78 is 4.15. The number of imidazole rings is 1. The van der Waals surface area contributed by atoms with Crippen LogP contribution in [0.5, 0.6) is 0 Å². The summed E-state index contributed by atoms with van der Waals surface area (Å²) in [6.45, 7) is 9.38. The zero-order chi connectivity index (χ0) is 20.1. The van der Waals surface area contributed by atoms with Crippen LogP contribution < -0.4 is 0 Å². The lowest BCUT2D eigenvalue weighted by Gasteiger charge is -2.32. The molecular weight excluding hydrogens is 360 g/mol. The van der Waals surface area contributed by atoms with Gasteiger partial charge >= 0.3 is 0 Å². The highest BCUT2D eigenvalue weighted by atomic mass is 15.3. The Morgan fingerprint density at radius 1 is 1.07 bits per heavy atom. The molecule has 6 nitrogen and oxygen atoms in total. The third kappa shape index (κ3) is 3.21. The van der Waals surface area contributed by atoms with Crippen molar-refractivity contribution >= 4 is 16.7 Å². The smallest absolute Gasteiger partial charge is 0.158 e. The maximum Gasteiger partial charge on any atom is 0.158 e. The highest BCUT2D eigenvalue weighted by Crippen LogP contribution is 2.29. The predicted octanol–water partition coefficient (Wildman–Crippen LogP) is 3.92. The lowest BCUT2D eigenvalue weighted by Crippen LogP contribution is -2.34. The molecule has 0 aliphatic carbocycles. The minimum Gasteiger partial charge on any atom is -0.302 e. The molecule has 5 heterocycles. The van der Waals surface area contributed by atoms with E-state index in [9.17, 15) is 0 Å². The number of fused-ring (bicyclic) bond motifs is 2. The summed E-state index contributed by atoms with van der Waals surface area (Å²) in [4.78, 5) is 12.3. The number of pyridine rings is 2. The molecule has 0 aromatic carbocycles. The third-order valence-corrected chi connectivity index (χ3v) is 6.27. The van der Waals surface area contributed by atoms with Crippen molar-refractivity contribution in [3.8, 4) is 0 Å². The van der Waals surface area contributed by atoms with Gasteiger partial charge in [-0.05, 0) is 70.0 Å². The van der Waals surface area contributed by atoms with E-state index in [1.165, 1.54) is 29.8 Å². The second-order valence-corrected chi connectivity index (χ2v) is 8.47. The van der Waals surface area contributed by atoms with E-state index in [4.69, 9.17) is 9.97 Å². The molecule has 1 atom stereocenters. The SMILES string of the molecule is Cc1ccn2c(CN3CCC[C@@H](c4ccc5c(C)nn(C)c5n4)C3)c(C)nc2c1. The quantitative estimate of drug-likeness (QED) is 0.534. The highest BCUT2D eigenvalue weighted by molar-refractivity contribution is 5.78. The number of likely N-dealkylation sites (tertiary alicyclic amines) is 1. The van der Waals surface area contributed by atoms with Gasteiger partial charge < -0.3 is 4.40 Å². The standard InChI is InChI=1S/C23H28N6/c1-15-9-11-29-21(17(3)24-22(29)12-15)14-28-10-5-6-18(13-28)20-8-7-19-16(2)26-27(4)23(19)25-20/h7-9,11-12,18H,5-6,10,13-14H2,1-4H3/t18-/m1/s1. The summed E-state index contributed by atoms with van der Waals surface area (Å²) in [5, 5.41) is 5.67. The van der Waals surface area contributed by atoms with Crippen LogP contribution in [-0.2, 0) is 13.6 Å². The van der Waals surface area contributed by atoms with Crippen molar-refractivity contribution in [2.45, 2.75) is 46.1 Å². The van der Waals surface area contributed by atoms with Crippen molar-refractivity contribution in [1.29, 1.82) is 0 Å². The van der Waals surface area contributed by atoms with Crippen LogP contribution in [0.3, 0.4) is 0 Å². The molecule has 29 heavy (non-hydrogen) atoms. The van der Waals surface area contributed by atoms with E-state index >= 15 is 0 Å². The average Bonchev–Trinajstić information content (AvgIpc) is 3.17. The van der Waals surface area contributed by atoms with E-state index in [0.29, 0.717) is 5.92 Å². The van der Waals surface area contributed by atoms with Crippen LogP contribution in [0.4, 0.5) is 0 Å².